The molecule has 1 aliphatic carbocycles. The third-order valence-electron chi connectivity index (χ3n) is 4.30. The molecule has 1 aromatic carbocycles. The molecule has 9 heteroatoms. The molecule has 1 saturated carbocycles. The van der Waals surface area contributed by atoms with Crippen LogP contribution in [0.1, 0.15) is 23.3 Å². The van der Waals surface area contributed by atoms with Crippen molar-refractivity contribution in [3.05, 3.63) is 47.5 Å². The number of nitrogens with zero attached hydrogens (tertiary/aromatic N) is 1. The molecular formula is C19H20F2N2O4S. The molecular weight excluding hydrogens is 390 g/mol. The zero-order chi connectivity index (χ0) is 20.1. The Morgan fingerprint density at radius 2 is 2.21 bits per heavy atom. The largest absolute Gasteiger partial charge is 0.486 e. The van der Waals surface area contributed by atoms with Crippen molar-refractivity contribution in [1.29, 1.82) is 0 Å². The number of allylic oxidation sites excluding steroid dienone is 1. The van der Waals surface area contributed by atoms with E-state index in [4.69, 9.17) is 9.84 Å². The first kappa shape index (κ1) is 20.2. The number of thiazole rings is 1. The normalized spacial score (nSPS) is 18.4. The minimum atomic E-state index is -2.95. The summed E-state index contributed by atoms with van der Waals surface area (Å²) in [4.78, 5) is 16.9. The Morgan fingerprint density at radius 3 is 2.86 bits per heavy atom. The van der Waals surface area contributed by atoms with Crippen LogP contribution in [0.5, 0.6) is 11.5 Å². The summed E-state index contributed by atoms with van der Waals surface area (Å²) in [5.41, 5.74) is 0.865. The van der Waals surface area contributed by atoms with Gasteiger partial charge in [-0.15, -0.1) is 6.58 Å². The first-order valence-electron chi connectivity index (χ1n) is 8.70. The first-order valence-corrected chi connectivity index (χ1v) is 9.51. The third kappa shape index (κ3) is 5.05. The average Bonchev–Trinajstić information content (AvgIpc) is 3.07. The SMILES string of the molecule is C=CCc1ccc(OC(F)F)c(OC2CC(C(=O)Nc3ncc(CO)s3)C2)c1. The molecule has 1 aliphatic rings. The number of anilines is 1. The lowest BCUT2D eigenvalue weighted by atomic mass is 9.81. The number of aromatic nitrogens is 1. The van der Waals surface area contributed by atoms with Gasteiger partial charge >= 0.3 is 6.61 Å². The number of ether oxygens (including phenoxy) is 2. The second-order valence-corrected chi connectivity index (χ2v) is 7.45. The van der Waals surface area contributed by atoms with E-state index >= 15 is 0 Å². The van der Waals surface area contributed by atoms with Gasteiger partial charge in [-0.3, -0.25) is 4.79 Å². The molecule has 28 heavy (non-hydrogen) atoms. The molecule has 0 aliphatic heterocycles. The summed E-state index contributed by atoms with van der Waals surface area (Å²) in [6, 6.07) is 4.78. The van der Waals surface area contributed by atoms with Crippen LogP contribution in [0, 0.1) is 5.92 Å². The number of carbonyl (C=O) groups is 1. The van der Waals surface area contributed by atoms with Crippen molar-refractivity contribution in [1.82, 2.24) is 4.98 Å². The Hall–Kier alpha value is -2.52. The fourth-order valence-electron chi connectivity index (χ4n) is 2.83. The van der Waals surface area contributed by atoms with E-state index in [0.717, 1.165) is 5.56 Å². The molecule has 0 unspecified atom stereocenters. The zero-order valence-electron chi connectivity index (χ0n) is 14.9. The predicted octanol–water partition coefficient (Wildman–Crippen LogP) is 3.76. The number of rotatable bonds is 9. The molecule has 1 heterocycles. The highest BCUT2D eigenvalue weighted by molar-refractivity contribution is 7.15. The van der Waals surface area contributed by atoms with Crippen LogP contribution >= 0.6 is 11.3 Å². The molecule has 0 bridgehead atoms. The quantitative estimate of drug-likeness (QED) is 0.616. The van der Waals surface area contributed by atoms with Crippen molar-refractivity contribution in [3.8, 4) is 11.5 Å². The molecule has 1 fully saturated rings. The molecule has 0 spiro atoms. The lowest BCUT2D eigenvalue weighted by molar-refractivity contribution is -0.125. The summed E-state index contributed by atoms with van der Waals surface area (Å²) in [6.07, 6.45) is 4.45. The Labute approximate surface area is 164 Å². The molecule has 3 rings (SSSR count). The maximum absolute atomic E-state index is 12.6. The van der Waals surface area contributed by atoms with Gasteiger partial charge < -0.3 is 19.9 Å². The van der Waals surface area contributed by atoms with Gasteiger partial charge in [0, 0.05) is 12.1 Å². The van der Waals surface area contributed by atoms with Crippen LogP contribution < -0.4 is 14.8 Å². The van der Waals surface area contributed by atoms with Gasteiger partial charge in [0.1, 0.15) is 6.10 Å². The van der Waals surface area contributed by atoms with Gasteiger partial charge in [0.25, 0.3) is 0 Å². The van der Waals surface area contributed by atoms with Crippen LogP contribution in [0.3, 0.4) is 0 Å². The Bertz CT molecular complexity index is 837. The second-order valence-electron chi connectivity index (χ2n) is 6.34. The van der Waals surface area contributed by atoms with Gasteiger partial charge in [-0.25, -0.2) is 4.98 Å². The zero-order valence-corrected chi connectivity index (χ0v) is 15.8. The number of aliphatic hydroxyl groups excluding tert-OH is 1. The summed E-state index contributed by atoms with van der Waals surface area (Å²) in [7, 11) is 0. The van der Waals surface area contributed by atoms with Gasteiger partial charge in [0.15, 0.2) is 16.6 Å². The van der Waals surface area contributed by atoms with Crippen molar-refractivity contribution in [3.63, 3.8) is 0 Å². The van der Waals surface area contributed by atoms with Crippen molar-refractivity contribution in [2.45, 2.75) is 38.6 Å². The highest BCUT2D eigenvalue weighted by Gasteiger charge is 2.37. The number of halogens is 2. The van der Waals surface area contributed by atoms with E-state index in [2.05, 4.69) is 21.6 Å². The van der Waals surface area contributed by atoms with Crippen LogP contribution in [0.25, 0.3) is 0 Å². The molecule has 6 nitrogen and oxygen atoms in total. The Balaban J connectivity index is 1.57. The minimum Gasteiger partial charge on any atom is -0.486 e. The topological polar surface area (TPSA) is 80.7 Å². The lowest BCUT2D eigenvalue weighted by Crippen LogP contribution is -2.40. The molecule has 1 amide bonds. The Kier molecular flexibility index (Phi) is 6.58. The van der Waals surface area contributed by atoms with Crippen LogP contribution in [-0.2, 0) is 17.8 Å². The third-order valence-corrected chi connectivity index (χ3v) is 5.20. The number of aliphatic hydroxyl groups is 1. The number of benzene rings is 1. The second kappa shape index (κ2) is 9.11. The average molecular weight is 410 g/mol. The number of amides is 1. The van der Waals surface area contributed by atoms with Crippen molar-refractivity contribution >= 4 is 22.4 Å². The van der Waals surface area contributed by atoms with E-state index in [1.165, 1.54) is 23.6 Å². The molecule has 0 radical (unpaired) electrons. The number of nitrogens with one attached hydrogen (secondary N) is 1. The number of alkyl halides is 2. The summed E-state index contributed by atoms with van der Waals surface area (Å²) in [5.74, 6) is -0.225. The van der Waals surface area contributed by atoms with E-state index in [-0.39, 0.29) is 36.0 Å². The van der Waals surface area contributed by atoms with Gasteiger partial charge in [0.05, 0.1) is 11.5 Å². The van der Waals surface area contributed by atoms with Crippen LogP contribution in [0.4, 0.5) is 13.9 Å². The summed E-state index contributed by atoms with van der Waals surface area (Å²) in [6.45, 7) is 0.587. The lowest BCUT2D eigenvalue weighted by Gasteiger charge is -2.34. The first-order chi connectivity index (χ1) is 13.5. The minimum absolute atomic E-state index is 0.0324. The van der Waals surface area contributed by atoms with Gasteiger partial charge in [-0.05, 0) is 37.0 Å². The number of carbonyl (C=O) groups excluding carboxylic acids is 1. The van der Waals surface area contributed by atoms with Crippen LogP contribution in [0.2, 0.25) is 0 Å². The fraction of sp³-hybridized carbons (Fsp3) is 0.368. The van der Waals surface area contributed by atoms with Gasteiger partial charge in [0.2, 0.25) is 5.91 Å². The van der Waals surface area contributed by atoms with Gasteiger partial charge in [-0.2, -0.15) is 8.78 Å². The predicted molar refractivity (Wildman–Crippen MR) is 101 cm³/mol. The summed E-state index contributed by atoms with van der Waals surface area (Å²) >= 11 is 1.21. The molecule has 2 N–H and O–H groups in total. The number of hydrogen-bond donors (Lipinski definition) is 2. The van der Waals surface area contributed by atoms with E-state index in [0.29, 0.717) is 29.3 Å². The Morgan fingerprint density at radius 1 is 1.43 bits per heavy atom. The fourth-order valence-corrected chi connectivity index (χ4v) is 3.51. The highest BCUT2D eigenvalue weighted by atomic mass is 32.1. The van der Waals surface area contributed by atoms with E-state index in [1.54, 1.807) is 18.2 Å². The molecule has 150 valence electrons. The monoisotopic (exact) mass is 410 g/mol. The van der Waals surface area contributed by atoms with E-state index < -0.39 is 6.61 Å². The molecule has 1 aromatic heterocycles. The molecule has 0 saturated heterocycles. The highest BCUT2D eigenvalue weighted by Crippen LogP contribution is 2.37. The summed E-state index contributed by atoms with van der Waals surface area (Å²) < 4.78 is 35.6. The van der Waals surface area contributed by atoms with Crippen molar-refractivity contribution in [2.75, 3.05) is 5.32 Å². The van der Waals surface area contributed by atoms with Crippen molar-refractivity contribution in [2.24, 2.45) is 5.92 Å². The molecule has 2 aromatic rings. The molecule has 0 atom stereocenters. The van der Waals surface area contributed by atoms with Crippen LogP contribution in [-0.4, -0.2) is 28.7 Å². The summed E-state index contributed by atoms with van der Waals surface area (Å²) in [5, 5.41) is 12.2. The maximum atomic E-state index is 12.6. The van der Waals surface area contributed by atoms with Gasteiger partial charge in [-0.1, -0.05) is 23.5 Å². The smallest absolute Gasteiger partial charge is 0.387 e. The number of hydrogen-bond acceptors (Lipinski definition) is 6. The van der Waals surface area contributed by atoms with Crippen LogP contribution in [0.15, 0.2) is 37.1 Å². The van der Waals surface area contributed by atoms with E-state index in [9.17, 15) is 13.6 Å². The van der Waals surface area contributed by atoms with Crippen molar-refractivity contribution < 1.29 is 28.2 Å². The maximum Gasteiger partial charge on any atom is 0.387 e. The van der Waals surface area contributed by atoms with E-state index in [1.807, 2.05) is 0 Å². The standard InChI is InChI=1S/C19H20F2N2O4S/c1-2-3-11-4-5-15(27-18(20)21)16(6-11)26-13-7-12(8-13)17(25)23-19-22-9-14(10-24)28-19/h2,4-6,9,12-13,18,24H,1,3,7-8,10H2,(H,22,23,25).